The lowest BCUT2D eigenvalue weighted by atomic mass is 10.0. The molecule has 0 bridgehead atoms. The van der Waals surface area contributed by atoms with Crippen LogP contribution < -0.4 is 0 Å². The molecule has 4 rings (SSSR count). The first-order chi connectivity index (χ1) is 13.1. The zero-order chi connectivity index (χ0) is 19.0. The third-order valence-corrected chi connectivity index (χ3v) is 5.16. The summed E-state index contributed by atoms with van der Waals surface area (Å²) in [6.45, 7) is 2.67. The van der Waals surface area contributed by atoms with Crippen molar-refractivity contribution in [1.29, 1.82) is 0 Å². The summed E-state index contributed by atoms with van der Waals surface area (Å²) < 4.78 is 7.18. The number of phenolic OH excluding ortho intramolecular Hbond substituents is 1. The standard InChI is InChI=1S/C23H21NO3/c1-15-21(23(26)27-2)19-14-20(25)17-10-6-7-11-18(17)22(19)24(15)13-12-16-8-4-3-5-9-16/h3-11,14,25H,12-13H2,1-2H3. The quantitative estimate of drug-likeness (QED) is 0.531. The molecule has 3 aromatic carbocycles. The number of aryl methyl sites for hydroxylation is 2. The minimum absolute atomic E-state index is 0.170. The van der Waals surface area contributed by atoms with E-state index in [0.717, 1.165) is 40.3 Å². The highest BCUT2D eigenvalue weighted by atomic mass is 16.5. The number of nitrogens with zero attached hydrogens (tertiary/aromatic N) is 1. The van der Waals surface area contributed by atoms with Crippen LogP contribution in [-0.4, -0.2) is 22.8 Å². The molecule has 4 aromatic rings. The lowest BCUT2D eigenvalue weighted by Crippen LogP contribution is -2.07. The highest BCUT2D eigenvalue weighted by Gasteiger charge is 2.23. The molecule has 4 heteroatoms. The fourth-order valence-electron chi connectivity index (χ4n) is 3.84. The number of aromatic hydroxyl groups is 1. The molecule has 0 fully saturated rings. The summed E-state index contributed by atoms with van der Waals surface area (Å²) in [4.78, 5) is 12.5. The second-order valence-corrected chi connectivity index (χ2v) is 6.68. The molecule has 0 spiro atoms. The molecule has 0 saturated carbocycles. The molecule has 0 aliphatic heterocycles. The van der Waals surface area contributed by atoms with Crippen LogP contribution in [0.3, 0.4) is 0 Å². The Hall–Kier alpha value is -3.27. The van der Waals surface area contributed by atoms with Gasteiger partial charge in [0.1, 0.15) is 5.75 Å². The molecule has 1 heterocycles. The smallest absolute Gasteiger partial charge is 0.340 e. The van der Waals surface area contributed by atoms with Gasteiger partial charge in [0.05, 0.1) is 18.2 Å². The maximum absolute atomic E-state index is 12.5. The summed E-state index contributed by atoms with van der Waals surface area (Å²) in [7, 11) is 1.38. The average molecular weight is 359 g/mol. The fourth-order valence-corrected chi connectivity index (χ4v) is 3.84. The maximum atomic E-state index is 12.5. The second kappa shape index (κ2) is 6.80. The highest BCUT2D eigenvalue weighted by Crippen LogP contribution is 2.37. The van der Waals surface area contributed by atoms with Crippen LogP contribution in [0, 0.1) is 6.92 Å². The van der Waals surface area contributed by atoms with E-state index in [1.165, 1.54) is 12.7 Å². The van der Waals surface area contributed by atoms with E-state index in [4.69, 9.17) is 4.74 Å². The van der Waals surface area contributed by atoms with E-state index in [1.54, 1.807) is 6.07 Å². The molecule has 1 aromatic heterocycles. The van der Waals surface area contributed by atoms with Crippen molar-refractivity contribution in [3.05, 3.63) is 77.5 Å². The van der Waals surface area contributed by atoms with Crippen LogP contribution in [0.15, 0.2) is 60.7 Å². The Morgan fingerprint density at radius 3 is 2.37 bits per heavy atom. The van der Waals surface area contributed by atoms with Crippen LogP contribution in [0.5, 0.6) is 5.75 Å². The van der Waals surface area contributed by atoms with E-state index < -0.39 is 0 Å². The van der Waals surface area contributed by atoms with Gasteiger partial charge >= 0.3 is 5.97 Å². The third kappa shape index (κ3) is 2.83. The number of hydrogen-bond donors (Lipinski definition) is 1. The molecule has 0 atom stereocenters. The molecular weight excluding hydrogens is 338 g/mol. The Balaban J connectivity index is 1.97. The highest BCUT2D eigenvalue weighted by molar-refractivity contribution is 6.16. The zero-order valence-corrected chi connectivity index (χ0v) is 15.4. The van der Waals surface area contributed by atoms with E-state index in [2.05, 4.69) is 16.7 Å². The summed E-state index contributed by atoms with van der Waals surface area (Å²) in [5.41, 5.74) is 3.56. The average Bonchev–Trinajstić information content (AvgIpc) is 2.98. The van der Waals surface area contributed by atoms with Crippen molar-refractivity contribution in [3.63, 3.8) is 0 Å². The molecule has 4 nitrogen and oxygen atoms in total. The van der Waals surface area contributed by atoms with Crippen molar-refractivity contribution < 1.29 is 14.6 Å². The SMILES string of the molecule is COC(=O)c1c(C)n(CCc2ccccc2)c2c1cc(O)c1ccccc12. The van der Waals surface area contributed by atoms with Crippen LogP contribution in [0.4, 0.5) is 0 Å². The van der Waals surface area contributed by atoms with Gasteiger partial charge in [-0.3, -0.25) is 0 Å². The first-order valence-electron chi connectivity index (χ1n) is 8.97. The molecule has 0 aliphatic carbocycles. The summed E-state index contributed by atoms with van der Waals surface area (Å²) >= 11 is 0. The van der Waals surface area contributed by atoms with Crippen LogP contribution in [0.1, 0.15) is 21.6 Å². The number of phenols is 1. The number of methoxy groups -OCH3 is 1. The molecule has 0 radical (unpaired) electrons. The number of carbonyl (C=O) groups is 1. The molecule has 1 N–H and O–H groups in total. The number of benzene rings is 3. The van der Waals surface area contributed by atoms with Crippen LogP contribution in [0.2, 0.25) is 0 Å². The molecule has 0 amide bonds. The first kappa shape index (κ1) is 17.2. The summed E-state index contributed by atoms with van der Waals surface area (Å²) in [6, 6.07) is 19.7. The Morgan fingerprint density at radius 2 is 1.67 bits per heavy atom. The number of hydrogen-bond acceptors (Lipinski definition) is 3. The van der Waals surface area contributed by atoms with E-state index in [9.17, 15) is 9.90 Å². The number of esters is 1. The predicted octanol–water partition coefficient (Wildman–Crippen LogP) is 4.84. The van der Waals surface area contributed by atoms with Crippen LogP contribution in [0.25, 0.3) is 21.7 Å². The second-order valence-electron chi connectivity index (χ2n) is 6.68. The van der Waals surface area contributed by atoms with E-state index in [-0.39, 0.29) is 11.7 Å². The van der Waals surface area contributed by atoms with E-state index in [1.807, 2.05) is 49.4 Å². The van der Waals surface area contributed by atoms with Gasteiger partial charge in [0, 0.05) is 28.4 Å². The first-order valence-corrected chi connectivity index (χ1v) is 8.97. The van der Waals surface area contributed by atoms with Gasteiger partial charge in [-0.2, -0.15) is 0 Å². The minimum Gasteiger partial charge on any atom is -0.507 e. The lowest BCUT2D eigenvalue weighted by molar-refractivity contribution is 0.0602. The van der Waals surface area contributed by atoms with Crippen LogP contribution >= 0.6 is 0 Å². The Kier molecular flexibility index (Phi) is 4.32. The molecule has 27 heavy (non-hydrogen) atoms. The number of fused-ring (bicyclic) bond motifs is 3. The number of rotatable bonds is 4. The minimum atomic E-state index is -0.384. The molecule has 0 unspecified atom stereocenters. The van der Waals surface area contributed by atoms with Gasteiger partial charge in [0.25, 0.3) is 0 Å². The van der Waals surface area contributed by atoms with Crippen molar-refractivity contribution in [2.24, 2.45) is 0 Å². The number of aromatic nitrogens is 1. The van der Waals surface area contributed by atoms with Crippen LogP contribution in [-0.2, 0) is 17.7 Å². The fraction of sp³-hybridized carbons (Fsp3) is 0.174. The van der Waals surface area contributed by atoms with Gasteiger partial charge in [-0.15, -0.1) is 0 Å². The van der Waals surface area contributed by atoms with Crippen molar-refractivity contribution in [2.75, 3.05) is 7.11 Å². The summed E-state index contributed by atoms with van der Waals surface area (Å²) in [6.07, 6.45) is 0.848. The topological polar surface area (TPSA) is 51.5 Å². The van der Waals surface area contributed by atoms with Gasteiger partial charge in [-0.1, -0.05) is 54.6 Å². The lowest BCUT2D eigenvalue weighted by Gasteiger charge is -2.11. The van der Waals surface area contributed by atoms with Gasteiger partial charge in [0.15, 0.2) is 0 Å². The predicted molar refractivity (Wildman–Crippen MR) is 107 cm³/mol. The summed E-state index contributed by atoms with van der Waals surface area (Å²) in [5, 5.41) is 12.9. The molecule has 0 saturated heterocycles. The Bertz CT molecular complexity index is 1140. The normalized spacial score (nSPS) is 11.2. The van der Waals surface area contributed by atoms with E-state index >= 15 is 0 Å². The van der Waals surface area contributed by atoms with Gasteiger partial charge < -0.3 is 14.4 Å². The Labute approximate surface area is 157 Å². The molecule has 0 aliphatic rings. The zero-order valence-electron chi connectivity index (χ0n) is 15.4. The number of ether oxygens (including phenoxy) is 1. The van der Waals surface area contributed by atoms with Gasteiger partial charge in [-0.25, -0.2) is 4.79 Å². The Morgan fingerprint density at radius 1 is 1.00 bits per heavy atom. The third-order valence-electron chi connectivity index (χ3n) is 5.16. The van der Waals surface area contributed by atoms with Gasteiger partial charge in [0.2, 0.25) is 0 Å². The van der Waals surface area contributed by atoms with Crippen molar-refractivity contribution >= 4 is 27.6 Å². The number of carbonyl (C=O) groups excluding carboxylic acids is 1. The van der Waals surface area contributed by atoms with Crippen molar-refractivity contribution in [1.82, 2.24) is 4.57 Å². The maximum Gasteiger partial charge on any atom is 0.340 e. The van der Waals surface area contributed by atoms with Crippen molar-refractivity contribution in [2.45, 2.75) is 19.9 Å². The van der Waals surface area contributed by atoms with Gasteiger partial charge in [-0.05, 0) is 25.0 Å². The van der Waals surface area contributed by atoms with Crippen molar-refractivity contribution in [3.8, 4) is 5.75 Å². The van der Waals surface area contributed by atoms with E-state index in [0.29, 0.717) is 5.56 Å². The summed E-state index contributed by atoms with van der Waals surface area (Å²) in [5.74, 6) is -0.214. The monoisotopic (exact) mass is 359 g/mol. The molecule has 136 valence electrons. The molecular formula is C23H21NO3. The largest absolute Gasteiger partial charge is 0.507 e.